The molecule has 3 rings (SSSR count). The first-order chi connectivity index (χ1) is 15.5. The zero-order valence-electron chi connectivity index (χ0n) is 19.0. The molecule has 1 fully saturated rings. The van der Waals surface area contributed by atoms with Crippen molar-refractivity contribution in [1.82, 2.24) is 10.2 Å². The largest absolute Gasteiger partial charge is 0.352 e. The number of thioether (sulfide) groups is 1. The zero-order valence-corrected chi connectivity index (χ0v) is 20.6. The standard InChI is InChI=1S/C26H33ClN2O2S/c1-3-24(26(31)28-22-7-5-4-6-8-22)29(17-20-11-9-19(2)10-12-20)25(30)18-32-23-15-13-21(27)14-16-23/h9-16,22,24H,3-8,17-18H2,1-2H3,(H,28,31)/t24-/m0/s1. The lowest BCUT2D eigenvalue weighted by Gasteiger charge is -2.32. The fourth-order valence-electron chi connectivity index (χ4n) is 4.11. The van der Waals surface area contributed by atoms with Crippen LogP contribution in [0.2, 0.25) is 5.02 Å². The Hall–Kier alpha value is -1.98. The number of carbonyl (C=O) groups excluding carboxylic acids is 2. The Labute approximate surface area is 201 Å². The number of nitrogens with zero attached hydrogens (tertiary/aromatic N) is 1. The molecule has 2 aromatic rings. The number of hydrogen-bond acceptors (Lipinski definition) is 3. The van der Waals surface area contributed by atoms with Crippen molar-refractivity contribution in [2.75, 3.05) is 5.75 Å². The van der Waals surface area contributed by atoms with Gasteiger partial charge in [-0.25, -0.2) is 0 Å². The first-order valence-electron chi connectivity index (χ1n) is 11.5. The summed E-state index contributed by atoms with van der Waals surface area (Å²) < 4.78 is 0. The number of nitrogens with one attached hydrogen (secondary N) is 1. The molecule has 6 heteroatoms. The Morgan fingerprint density at radius 2 is 1.72 bits per heavy atom. The van der Waals surface area contributed by atoms with Crippen LogP contribution in [-0.2, 0) is 16.1 Å². The lowest BCUT2D eigenvalue weighted by atomic mass is 9.95. The quantitative estimate of drug-likeness (QED) is 0.455. The summed E-state index contributed by atoms with van der Waals surface area (Å²) in [6, 6.07) is 15.4. The van der Waals surface area contributed by atoms with E-state index < -0.39 is 6.04 Å². The molecule has 1 aliphatic rings. The fourth-order valence-corrected chi connectivity index (χ4v) is 5.02. The molecule has 0 saturated heterocycles. The van der Waals surface area contributed by atoms with Crippen molar-refractivity contribution in [2.45, 2.75) is 75.9 Å². The summed E-state index contributed by atoms with van der Waals surface area (Å²) in [6.45, 7) is 4.45. The molecule has 0 heterocycles. The van der Waals surface area contributed by atoms with E-state index in [2.05, 4.69) is 5.32 Å². The molecule has 4 nitrogen and oxygen atoms in total. The molecule has 32 heavy (non-hydrogen) atoms. The third kappa shape index (κ3) is 7.28. The highest BCUT2D eigenvalue weighted by atomic mass is 35.5. The van der Waals surface area contributed by atoms with Gasteiger partial charge >= 0.3 is 0 Å². The van der Waals surface area contributed by atoms with E-state index in [9.17, 15) is 9.59 Å². The Bertz CT molecular complexity index is 880. The Balaban J connectivity index is 1.73. The molecule has 1 atom stereocenters. The lowest BCUT2D eigenvalue weighted by Crippen LogP contribution is -2.52. The molecular weight excluding hydrogens is 440 g/mol. The number of rotatable bonds is 9. The van der Waals surface area contributed by atoms with Crippen LogP contribution in [0, 0.1) is 6.92 Å². The van der Waals surface area contributed by atoms with Crippen molar-refractivity contribution in [3.63, 3.8) is 0 Å². The average Bonchev–Trinajstić information content (AvgIpc) is 2.80. The van der Waals surface area contributed by atoms with Crippen LogP contribution in [0.5, 0.6) is 0 Å². The SMILES string of the molecule is CC[C@@H](C(=O)NC1CCCCC1)N(Cc1ccc(C)cc1)C(=O)CSc1ccc(Cl)cc1. The van der Waals surface area contributed by atoms with E-state index >= 15 is 0 Å². The molecule has 2 aromatic carbocycles. The minimum Gasteiger partial charge on any atom is -0.352 e. The summed E-state index contributed by atoms with van der Waals surface area (Å²) in [4.78, 5) is 29.3. The van der Waals surface area contributed by atoms with Gasteiger partial charge in [0.2, 0.25) is 11.8 Å². The van der Waals surface area contributed by atoms with Gasteiger partial charge in [-0.1, -0.05) is 67.6 Å². The molecule has 1 saturated carbocycles. The van der Waals surface area contributed by atoms with Crippen LogP contribution in [0.4, 0.5) is 0 Å². The lowest BCUT2D eigenvalue weighted by molar-refractivity contribution is -0.139. The number of amides is 2. The molecule has 1 N–H and O–H groups in total. The zero-order chi connectivity index (χ0) is 22.9. The van der Waals surface area contributed by atoms with Gasteiger partial charge < -0.3 is 10.2 Å². The van der Waals surface area contributed by atoms with Crippen molar-refractivity contribution in [2.24, 2.45) is 0 Å². The first-order valence-corrected chi connectivity index (χ1v) is 12.9. The smallest absolute Gasteiger partial charge is 0.243 e. The van der Waals surface area contributed by atoms with Crippen LogP contribution in [-0.4, -0.2) is 34.6 Å². The van der Waals surface area contributed by atoms with Crippen LogP contribution >= 0.6 is 23.4 Å². The van der Waals surface area contributed by atoms with Gasteiger partial charge in [-0.15, -0.1) is 11.8 Å². The number of hydrogen-bond donors (Lipinski definition) is 1. The average molecular weight is 473 g/mol. The monoisotopic (exact) mass is 472 g/mol. The summed E-state index contributed by atoms with van der Waals surface area (Å²) >= 11 is 7.44. The van der Waals surface area contributed by atoms with Gasteiger partial charge in [0.05, 0.1) is 5.75 Å². The Kier molecular flexibility index (Phi) is 9.49. The first kappa shape index (κ1) is 24.7. The molecule has 0 unspecified atom stereocenters. The Morgan fingerprint density at radius 1 is 1.06 bits per heavy atom. The highest BCUT2D eigenvalue weighted by Gasteiger charge is 2.30. The van der Waals surface area contributed by atoms with Crippen LogP contribution in [0.1, 0.15) is 56.6 Å². The van der Waals surface area contributed by atoms with Crippen molar-refractivity contribution >= 4 is 35.2 Å². The molecule has 2 amide bonds. The van der Waals surface area contributed by atoms with Gasteiger partial charge in [0.15, 0.2) is 0 Å². The minimum atomic E-state index is -0.475. The van der Waals surface area contributed by atoms with Crippen molar-refractivity contribution in [3.05, 3.63) is 64.7 Å². The molecule has 1 aliphatic carbocycles. The van der Waals surface area contributed by atoms with E-state index in [1.807, 2.05) is 62.4 Å². The number of aryl methyl sites for hydroxylation is 1. The van der Waals surface area contributed by atoms with Crippen LogP contribution in [0.15, 0.2) is 53.4 Å². The topological polar surface area (TPSA) is 49.4 Å². The summed E-state index contributed by atoms with van der Waals surface area (Å²) in [5.74, 6) is 0.216. The van der Waals surface area contributed by atoms with E-state index in [-0.39, 0.29) is 23.6 Å². The van der Waals surface area contributed by atoms with Gasteiger partial charge in [-0.05, 0) is 56.0 Å². The van der Waals surface area contributed by atoms with Crippen molar-refractivity contribution in [1.29, 1.82) is 0 Å². The van der Waals surface area contributed by atoms with Crippen molar-refractivity contribution < 1.29 is 9.59 Å². The van der Waals surface area contributed by atoms with Gasteiger partial charge in [0, 0.05) is 22.5 Å². The molecule has 172 valence electrons. The highest BCUT2D eigenvalue weighted by Crippen LogP contribution is 2.23. The van der Waals surface area contributed by atoms with Crippen LogP contribution in [0.25, 0.3) is 0 Å². The van der Waals surface area contributed by atoms with E-state index in [0.29, 0.717) is 18.0 Å². The highest BCUT2D eigenvalue weighted by molar-refractivity contribution is 8.00. The normalized spacial score (nSPS) is 15.2. The number of benzene rings is 2. The van der Waals surface area contributed by atoms with Gasteiger partial charge in [-0.2, -0.15) is 0 Å². The second kappa shape index (κ2) is 12.3. The molecule has 0 bridgehead atoms. The summed E-state index contributed by atoms with van der Waals surface area (Å²) in [7, 11) is 0. The second-order valence-corrected chi connectivity index (χ2v) is 10.0. The predicted molar refractivity (Wildman–Crippen MR) is 133 cm³/mol. The fraction of sp³-hybridized carbons (Fsp3) is 0.462. The maximum Gasteiger partial charge on any atom is 0.243 e. The molecule has 0 spiro atoms. The summed E-state index contributed by atoms with van der Waals surface area (Å²) in [5, 5.41) is 3.90. The van der Waals surface area contributed by atoms with Gasteiger partial charge in [0.1, 0.15) is 6.04 Å². The molecule has 0 aromatic heterocycles. The van der Waals surface area contributed by atoms with Gasteiger partial charge in [0.25, 0.3) is 0 Å². The minimum absolute atomic E-state index is 0.0312. The van der Waals surface area contributed by atoms with Crippen LogP contribution in [0.3, 0.4) is 0 Å². The number of carbonyl (C=O) groups is 2. The third-order valence-corrected chi connectivity index (χ3v) is 7.24. The van der Waals surface area contributed by atoms with E-state index in [4.69, 9.17) is 11.6 Å². The summed E-state index contributed by atoms with van der Waals surface area (Å²) in [5.41, 5.74) is 2.20. The van der Waals surface area contributed by atoms with E-state index in [1.54, 1.807) is 4.90 Å². The molecule has 0 radical (unpaired) electrons. The summed E-state index contributed by atoms with van der Waals surface area (Å²) in [6.07, 6.45) is 6.20. The second-order valence-electron chi connectivity index (χ2n) is 8.52. The third-order valence-electron chi connectivity index (χ3n) is 5.99. The van der Waals surface area contributed by atoms with Crippen LogP contribution < -0.4 is 5.32 Å². The van der Waals surface area contributed by atoms with E-state index in [0.717, 1.165) is 36.1 Å². The predicted octanol–water partition coefficient (Wildman–Crippen LogP) is 6.00. The maximum atomic E-state index is 13.4. The van der Waals surface area contributed by atoms with Crippen molar-refractivity contribution in [3.8, 4) is 0 Å². The molecular formula is C26H33ClN2O2S. The van der Waals surface area contributed by atoms with E-state index in [1.165, 1.54) is 23.7 Å². The number of halogens is 1. The molecule has 0 aliphatic heterocycles. The Morgan fingerprint density at radius 3 is 2.34 bits per heavy atom. The maximum absolute atomic E-state index is 13.4. The van der Waals surface area contributed by atoms with Gasteiger partial charge in [-0.3, -0.25) is 9.59 Å².